The standard InChI is InChI=1S/C10H8ClN.C10H9NO.Cl2OS/c11-7-8-5-6-12-10-4-2-1-3-9(8)10;12-7-8-5-6-11-10-4-2-1-3-9(8)10;1-4(2)3/h1-6H,7H2;1-6,12H,7H2;. The van der Waals surface area contributed by atoms with E-state index in [4.69, 9.17) is 20.9 Å². The fraction of sp³-hybridized carbons (Fsp3) is 0.100. The second-order valence-electron chi connectivity index (χ2n) is 5.45. The molecule has 28 heavy (non-hydrogen) atoms. The van der Waals surface area contributed by atoms with Gasteiger partial charge in [0.15, 0.2) is 0 Å². The van der Waals surface area contributed by atoms with Crippen LogP contribution in [0.1, 0.15) is 11.1 Å². The van der Waals surface area contributed by atoms with Gasteiger partial charge in [-0.05, 0) is 35.4 Å². The molecule has 8 heteroatoms. The number of rotatable bonds is 2. The van der Waals surface area contributed by atoms with Gasteiger partial charge in [0.1, 0.15) is 0 Å². The molecule has 0 saturated carbocycles. The first-order chi connectivity index (χ1) is 13.6. The Morgan fingerprint density at radius 3 is 1.68 bits per heavy atom. The fourth-order valence-electron chi connectivity index (χ4n) is 2.56. The number of benzene rings is 2. The summed E-state index contributed by atoms with van der Waals surface area (Å²) in [7, 11) is 7.36. The average Bonchev–Trinajstić information content (AvgIpc) is 2.73. The molecule has 146 valence electrons. The number of alkyl halides is 1. The van der Waals surface area contributed by atoms with Crippen molar-refractivity contribution >= 4 is 64.0 Å². The number of pyridine rings is 2. The summed E-state index contributed by atoms with van der Waals surface area (Å²) in [4.78, 5) is 8.41. The minimum Gasteiger partial charge on any atom is -0.392 e. The third-order valence-electron chi connectivity index (χ3n) is 3.79. The first-order valence-electron chi connectivity index (χ1n) is 8.13. The van der Waals surface area contributed by atoms with Crippen molar-refractivity contribution in [3.05, 3.63) is 84.2 Å². The predicted octanol–water partition coefficient (Wildman–Crippen LogP) is 5.74. The van der Waals surface area contributed by atoms with Gasteiger partial charge >= 0.3 is 0 Å². The van der Waals surface area contributed by atoms with Gasteiger partial charge in [-0.1, -0.05) is 36.4 Å². The molecule has 0 bridgehead atoms. The lowest BCUT2D eigenvalue weighted by Gasteiger charge is -2.00. The predicted molar refractivity (Wildman–Crippen MR) is 119 cm³/mol. The molecule has 0 saturated heterocycles. The van der Waals surface area contributed by atoms with Crippen molar-refractivity contribution in [3.8, 4) is 0 Å². The molecule has 0 aliphatic rings. The molecular weight excluding hydrogens is 439 g/mol. The van der Waals surface area contributed by atoms with E-state index in [1.807, 2.05) is 60.7 Å². The third-order valence-corrected chi connectivity index (χ3v) is 4.08. The van der Waals surface area contributed by atoms with Crippen molar-refractivity contribution in [2.75, 3.05) is 0 Å². The molecule has 0 spiro atoms. The van der Waals surface area contributed by atoms with E-state index in [1.54, 1.807) is 12.4 Å². The van der Waals surface area contributed by atoms with Crippen molar-refractivity contribution in [3.63, 3.8) is 0 Å². The summed E-state index contributed by atoms with van der Waals surface area (Å²) in [5.41, 5.74) is 4.02. The van der Waals surface area contributed by atoms with Crippen molar-refractivity contribution in [1.29, 1.82) is 0 Å². The van der Waals surface area contributed by atoms with Crippen molar-refractivity contribution < 1.29 is 9.32 Å². The molecule has 2 aromatic heterocycles. The molecule has 2 heterocycles. The summed E-state index contributed by atoms with van der Waals surface area (Å²) < 4.78 is 9.09. The van der Waals surface area contributed by atoms with Crippen LogP contribution >= 0.6 is 33.0 Å². The van der Waals surface area contributed by atoms with E-state index in [9.17, 15) is 0 Å². The van der Waals surface area contributed by atoms with Gasteiger partial charge < -0.3 is 5.11 Å². The van der Waals surface area contributed by atoms with Crippen LogP contribution in [0.15, 0.2) is 73.1 Å². The van der Waals surface area contributed by atoms with Crippen LogP contribution < -0.4 is 0 Å². The zero-order valence-electron chi connectivity index (χ0n) is 14.6. The Hall–Kier alpha value is -1.76. The summed E-state index contributed by atoms with van der Waals surface area (Å²) >= 11 is 5.78. The monoisotopic (exact) mass is 454 g/mol. The fourth-order valence-corrected chi connectivity index (χ4v) is 2.80. The maximum absolute atomic E-state index is 9.09. The maximum atomic E-state index is 9.09. The number of halogens is 3. The molecule has 0 aliphatic heterocycles. The van der Waals surface area contributed by atoms with Crippen LogP contribution in [0.2, 0.25) is 0 Å². The van der Waals surface area contributed by atoms with Gasteiger partial charge in [0.05, 0.1) is 17.6 Å². The van der Waals surface area contributed by atoms with E-state index < -0.39 is 9.23 Å². The summed E-state index contributed by atoms with van der Waals surface area (Å²) in [6.45, 7) is 0.0725. The molecule has 4 aromatic rings. The zero-order chi connectivity index (χ0) is 20.4. The van der Waals surface area contributed by atoms with Gasteiger partial charge in [0.25, 0.3) is 0 Å². The van der Waals surface area contributed by atoms with E-state index in [-0.39, 0.29) is 6.61 Å². The highest BCUT2D eigenvalue weighted by atomic mass is 36.0. The van der Waals surface area contributed by atoms with Crippen LogP contribution in [0.4, 0.5) is 0 Å². The molecule has 4 nitrogen and oxygen atoms in total. The Balaban J connectivity index is 0.000000169. The molecule has 0 amide bonds. The first kappa shape index (κ1) is 22.5. The largest absolute Gasteiger partial charge is 0.392 e. The van der Waals surface area contributed by atoms with Crippen molar-refractivity contribution in [1.82, 2.24) is 9.97 Å². The maximum Gasteiger partial charge on any atom is 0.211 e. The molecule has 0 radical (unpaired) electrons. The summed E-state index contributed by atoms with van der Waals surface area (Å²) in [6.07, 6.45) is 3.51. The lowest BCUT2D eigenvalue weighted by molar-refractivity contribution is 0.283. The Kier molecular flexibility index (Phi) is 9.61. The first-order valence-corrected chi connectivity index (χ1v) is 11.5. The zero-order valence-corrected chi connectivity index (χ0v) is 17.7. The minimum atomic E-state index is -1.67. The van der Waals surface area contributed by atoms with Gasteiger partial charge in [-0.3, -0.25) is 9.97 Å². The van der Waals surface area contributed by atoms with Crippen LogP contribution in [0.25, 0.3) is 21.8 Å². The third kappa shape index (κ3) is 6.69. The van der Waals surface area contributed by atoms with Crippen LogP contribution in [0.5, 0.6) is 0 Å². The Labute approximate surface area is 179 Å². The Morgan fingerprint density at radius 1 is 0.786 bits per heavy atom. The van der Waals surface area contributed by atoms with E-state index in [0.29, 0.717) is 5.88 Å². The highest BCUT2D eigenvalue weighted by Gasteiger charge is 1.98. The quantitative estimate of drug-likeness (QED) is 0.309. The molecular formula is C20H17Cl3N2O2S. The lowest BCUT2D eigenvalue weighted by atomic mass is 10.1. The molecule has 0 unspecified atom stereocenters. The number of para-hydroxylation sites is 2. The van der Waals surface area contributed by atoms with E-state index >= 15 is 0 Å². The molecule has 0 atom stereocenters. The van der Waals surface area contributed by atoms with Gasteiger partial charge in [-0.2, -0.15) is 0 Å². The number of aliphatic hydroxyl groups is 1. The van der Waals surface area contributed by atoms with Crippen LogP contribution in [0.3, 0.4) is 0 Å². The Morgan fingerprint density at radius 2 is 1.21 bits per heavy atom. The molecule has 2 aromatic carbocycles. The van der Waals surface area contributed by atoms with Crippen molar-refractivity contribution in [2.24, 2.45) is 0 Å². The number of aliphatic hydroxyl groups excluding tert-OH is 1. The second kappa shape index (κ2) is 11.9. The summed E-state index contributed by atoms with van der Waals surface area (Å²) in [6, 6.07) is 19.6. The highest BCUT2D eigenvalue weighted by molar-refractivity contribution is 8.26. The van der Waals surface area contributed by atoms with Gasteiger partial charge in [-0.25, -0.2) is 4.21 Å². The second-order valence-corrected chi connectivity index (χ2v) is 8.24. The number of aromatic nitrogens is 2. The number of hydrogen-bond acceptors (Lipinski definition) is 4. The van der Waals surface area contributed by atoms with E-state index in [2.05, 4.69) is 31.3 Å². The molecule has 0 fully saturated rings. The van der Waals surface area contributed by atoms with E-state index in [1.165, 1.54) is 0 Å². The summed E-state index contributed by atoms with van der Waals surface area (Å²) in [5.74, 6) is 0.545. The van der Waals surface area contributed by atoms with Crippen molar-refractivity contribution in [2.45, 2.75) is 12.5 Å². The lowest BCUT2D eigenvalue weighted by Crippen LogP contribution is -1.86. The van der Waals surface area contributed by atoms with Crippen LogP contribution in [0, 0.1) is 0 Å². The smallest absolute Gasteiger partial charge is 0.211 e. The SMILES string of the molecule is ClCc1ccnc2ccccc12.O=S(Cl)Cl.OCc1ccnc2ccccc12. The number of fused-ring (bicyclic) bond motifs is 2. The minimum absolute atomic E-state index is 0.0725. The van der Waals surface area contributed by atoms with Crippen LogP contribution in [-0.4, -0.2) is 19.3 Å². The normalized spacial score (nSPS) is 10.2. The molecule has 0 aliphatic carbocycles. The van der Waals surface area contributed by atoms with Crippen LogP contribution in [-0.2, 0) is 21.7 Å². The van der Waals surface area contributed by atoms with Gasteiger partial charge in [-0.15, -0.1) is 11.6 Å². The van der Waals surface area contributed by atoms with Gasteiger partial charge in [0, 0.05) is 50.4 Å². The molecule has 1 N–H and O–H groups in total. The molecule has 4 rings (SSSR count). The van der Waals surface area contributed by atoms with Gasteiger partial charge in [0.2, 0.25) is 9.23 Å². The number of hydrogen-bond donors (Lipinski definition) is 1. The highest BCUT2D eigenvalue weighted by Crippen LogP contribution is 2.17. The summed E-state index contributed by atoms with van der Waals surface area (Å²) in [5, 5.41) is 11.2. The number of nitrogens with zero attached hydrogens (tertiary/aromatic N) is 2. The van der Waals surface area contributed by atoms with E-state index in [0.717, 1.165) is 32.9 Å². The average molecular weight is 456 g/mol. The topological polar surface area (TPSA) is 63.1 Å². The Bertz CT molecular complexity index is 970.